The molecule has 0 amide bonds. The lowest BCUT2D eigenvalue weighted by molar-refractivity contribution is 0.373. The van der Waals surface area contributed by atoms with Crippen LogP contribution < -0.4 is 4.72 Å². The fourth-order valence-corrected chi connectivity index (χ4v) is 5.23. The predicted molar refractivity (Wildman–Crippen MR) is 76.0 cm³/mol. The Bertz CT molecular complexity index is 329. The van der Waals surface area contributed by atoms with Crippen LogP contribution in [0.15, 0.2) is 0 Å². The Morgan fingerprint density at radius 1 is 1.29 bits per heavy atom. The van der Waals surface area contributed by atoms with Gasteiger partial charge in [-0.2, -0.15) is 0 Å². The number of hydrogen-bond donors (Lipinski definition) is 1. The Labute approximate surface area is 114 Å². The summed E-state index contributed by atoms with van der Waals surface area (Å²) in [5.74, 6) is 0. The maximum Gasteiger partial charge on any atom is 0.214 e. The van der Waals surface area contributed by atoms with E-state index in [1.54, 1.807) is 0 Å². The van der Waals surface area contributed by atoms with E-state index in [1.165, 1.54) is 0 Å². The van der Waals surface area contributed by atoms with E-state index in [4.69, 9.17) is 0 Å². The Hall–Kier alpha value is 0.390. The molecule has 1 saturated carbocycles. The van der Waals surface area contributed by atoms with E-state index in [2.05, 4.69) is 41.4 Å². The Balaban J connectivity index is 2.39. The molecule has 5 heteroatoms. The van der Waals surface area contributed by atoms with Gasteiger partial charge in [0.25, 0.3) is 0 Å². The van der Waals surface area contributed by atoms with Crippen molar-refractivity contribution >= 4 is 26.0 Å². The summed E-state index contributed by atoms with van der Waals surface area (Å²) < 4.78 is 26.7. The van der Waals surface area contributed by atoms with Crippen molar-refractivity contribution in [3.8, 4) is 0 Å². The third-order valence-electron chi connectivity index (χ3n) is 3.08. The lowest BCUT2D eigenvalue weighted by atomic mass is 9.91. The molecule has 0 aromatic heterocycles. The highest BCUT2D eigenvalue weighted by molar-refractivity contribution is 9.09. The molecule has 0 aliphatic heterocycles. The molecule has 102 valence electrons. The van der Waals surface area contributed by atoms with Crippen LogP contribution in [0.4, 0.5) is 0 Å². The monoisotopic (exact) mass is 325 g/mol. The molecule has 1 fully saturated rings. The third kappa shape index (κ3) is 5.71. The molecule has 1 rings (SSSR count). The van der Waals surface area contributed by atoms with E-state index in [1.807, 2.05) is 0 Å². The molecule has 1 aliphatic carbocycles. The minimum atomic E-state index is -3.09. The molecular formula is C12H24BrNO2S. The fraction of sp³-hybridized carbons (Fsp3) is 1.00. The van der Waals surface area contributed by atoms with Gasteiger partial charge in [0.05, 0.1) is 5.25 Å². The molecule has 17 heavy (non-hydrogen) atoms. The standard InChI is InChI=1S/C12H24BrNO2S/c1-12(2,3)8-10(13)9-14-17(15,16)11-6-4-5-7-11/h10-11,14H,4-9H2,1-3H3. The van der Waals surface area contributed by atoms with E-state index in [-0.39, 0.29) is 15.5 Å². The molecule has 1 N–H and O–H groups in total. The lowest BCUT2D eigenvalue weighted by Gasteiger charge is -2.22. The molecule has 0 spiro atoms. The summed E-state index contributed by atoms with van der Waals surface area (Å²) in [6, 6.07) is 0. The summed E-state index contributed by atoms with van der Waals surface area (Å²) in [6.45, 7) is 6.97. The number of halogens is 1. The van der Waals surface area contributed by atoms with E-state index < -0.39 is 10.0 Å². The zero-order valence-corrected chi connectivity index (χ0v) is 13.4. The molecule has 0 aromatic carbocycles. The highest BCUT2D eigenvalue weighted by atomic mass is 79.9. The first-order valence-electron chi connectivity index (χ1n) is 6.33. The summed E-state index contributed by atoms with van der Waals surface area (Å²) in [5.41, 5.74) is 0.215. The van der Waals surface area contributed by atoms with Gasteiger partial charge in [-0.1, -0.05) is 49.5 Å². The Morgan fingerprint density at radius 2 is 1.82 bits per heavy atom. The van der Waals surface area contributed by atoms with Crippen LogP contribution in [-0.2, 0) is 10.0 Å². The Morgan fingerprint density at radius 3 is 2.29 bits per heavy atom. The molecule has 1 atom stereocenters. The molecule has 0 saturated heterocycles. The van der Waals surface area contributed by atoms with E-state index >= 15 is 0 Å². The lowest BCUT2D eigenvalue weighted by Crippen LogP contribution is -2.37. The summed E-state index contributed by atoms with van der Waals surface area (Å²) in [5, 5.41) is -0.156. The second kappa shape index (κ2) is 6.02. The van der Waals surface area contributed by atoms with E-state index in [9.17, 15) is 8.42 Å². The molecule has 1 unspecified atom stereocenters. The van der Waals surface area contributed by atoms with Crippen molar-refractivity contribution in [2.75, 3.05) is 6.54 Å². The number of nitrogens with one attached hydrogen (secondary N) is 1. The second-order valence-corrected chi connectivity index (χ2v) is 9.50. The van der Waals surface area contributed by atoms with Crippen LogP contribution in [0, 0.1) is 5.41 Å². The van der Waals surface area contributed by atoms with Crippen LogP contribution in [0.5, 0.6) is 0 Å². The van der Waals surface area contributed by atoms with Gasteiger partial charge in [-0.05, 0) is 24.7 Å². The first-order chi connectivity index (χ1) is 7.71. The average molecular weight is 326 g/mol. The van der Waals surface area contributed by atoms with Crippen molar-refractivity contribution in [3.63, 3.8) is 0 Å². The highest BCUT2D eigenvalue weighted by Crippen LogP contribution is 2.26. The molecule has 0 heterocycles. The maximum atomic E-state index is 12.0. The molecular weight excluding hydrogens is 302 g/mol. The van der Waals surface area contributed by atoms with Crippen LogP contribution in [-0.4, -0.2) is 25.0 Å². The topological polar surface area (TPSA) is 46.2 Å². The first-order valence-corrected chi connectivity index (χ1v) is 8.79. The van der Waals surface area contributed by atoms with Crippen molar-refractivity contribution in [2.24, 2.45) is 5.41 Å². The summed E-state index contributed by atoms with van der Waals surface area (Å²) in [7, 11) is -3.09. The second-order valence-electron chi connectivity index (χ2n) is 6.16. The van der Waals surface area contributed by atoms with Crippen LogP contribution >= 0.6 is 15.9 Å². The smallest absolute Gasteiger partial charge is 0.214 e. The van der Waals surface area contributed by atoms with Crippen molar-refractivity contribution in [2.45, 2.75) is 63.0 Å². The zero-order valence-electron chi connectivity index (χ0n) is 11.0. The fourth-order valence-electron chi connectivity index (χ4n) is 2.26. The average Bonchev–Trinajstić information content (AvgIpc) is 2.65. The number of hydrogen-bond acceptors (Lipinski definition) is 2. The van der Waals surface area contributed by atoms with Crippen molar-refractivity contribution in [3.05, 3.63) is 0 Å². The van der Waals surface area contributed by atoms with Gasteiger partial charge in [0.15, 0.2) is 0 Å². The van der Waals surface area contributed by atoms with Crippen LogP contribution in [0.1, 0.15) is 52.9 Å². The zero-order chi connectivity index (χ0) is 13.1. The molecule has 0 aromatic rings. The van der Waals surface area contributed by atoms with Gasteiger partial charge in [0, 0.05) is 11.4 Å². The van der Waals surface area contributed by atoms with Gasteiger partial charge >= 0.3 is 0 Å². The number of alkyl halides is 1. The van der Waals surface area contributed by atoms with Crippen molar-refractivity contribution in [1.29, 1.82) is 0 Å². The minimum Gasteiger partial charge on any atom is -0.214 e. The normalized spacial score (nSPS) is 20.7. The minimum absolute atomic E-state index is 0.156. The van der Waals surface area contributed by atoms with Gasteiger partial charge < -0.3 is 0 Å². The molecule has 0 bridgehead atoms. The number of sulfonamides is 1. The quantitative estimate of drug-likeness (QED) is 0.789. The Kier molecular flexibility index (Phi) is 5.47. The van der Waals surface area contributed by atoms with Crippen LogP contribution in [0.25, 0.3) is 0 Å². The molecule has 3 nitrogen and oxygen atoms in total. The van der Waals surface area contributed by atoms with Gasteiger partial charge in [0.2, 0.25) is 10.0 Å². The van der Waals surface area contributed by atoms with Gasteiger partial charge in [-0.25, -0.2) is 13.1 Å². The summed E-state index contributed by atoms with van der Waals surface area (Å²) >= 11 is 3.55. The van der Waals surface area contributed by atoms with Crippen molar-refractivity contribution in [1.82, 2.24) is 4.72 Å². The summed E-state index contributed by atoms with van der Waals surface area (Å²) in [4.78, 5) is 0.207. The largest absolute Gasteiger partial charge is 0.214 e. The maximum absolute atomic E-state index is 12.0. The van der Waals surface area contributed by atoms with Gasteiger partial charge in [-0.3, -0.25) is 0 Å². The van der Waals surface area contributed by atoms with E-state index in [0.717, 1.165) is 32.1 Å². The van der Waals surface area contributed by atoms with Gasteiger partial charge in [0.1, 0.15) is 0 Å². The van der Waals surface area contributed by atoms with Crippen molar-refractivity contribution < 1.29 is 8.42 Å². The van der Waals surface area contributed by atoms with Crippen LogP contribution in [0.2, 0.25) is 0 Å². The highest BCUT2D eigenvalue weighted by Gasteiger charge is 2.29. The van der Waals surface area contributed by atoms with Crippen LogP contribution in [0.3, 0.4) is 0 Å². The summed E-state index contributed by atoms with van der Waals surface area (Å²) in [6.07, 6.45) is 4.69. The molecule has 0 radical (unpaired) electrons. The number of rotatable bonds is 5. The molecule has 1 aliphatic rings. The van der Waals surface area contributed by atoms with E-state index in [0.29, 0.717) is 6.54 Å². The first kappa shape index (κ1) is 15.4. The predicted octanol–water partition coefficient (Wildman–Crippen LogP) is 3.05. The SMILES string of the molecule is CC(C)(C)CC(Br)CNS(=O)(=O)C1CCCC1. The van der Waals surface area contributed by atoms with Gasteiger partial charge in [-0.15, -0.1) is 0 Å². The third-order valence-corrected chi connectivity index (χ3v) is 5.65.